The van der Waals surface area contributed by atoms with E-state index in [4.69, 9.17) is 14.9 Å². The van der Waals surface area contributed by atoms with Crippen molar-refractivity contribution in [3.05, 3.63) is 27.7 Å². The average molecular weight is 275 g/mol. The Bertz CT molecular complexity index is 427. The summed E-state index contributed by atoms with van der Waals surface area (Å²) >= 11 is 3.02. The van der Waals surface area contributed by atoms with Crippen molar-refractivity contribution >= 4 is 27.9 Å². The molecule has 0 unspecified atom stereocenters. The predicted octanol–water partition coefficient (Wildman–Crippen LogP) is 1.85. The topological polar surface area (TPSA) is 83.8 Å². The first-order valence-electron chi connectivity index (χ1n) is 3.82. The van der Waals surface area contributed by atoms with E-state index in [1.807, 2.05) is 0 Å². The van der Waals surface area contributed by atoms with Crippen molar-refractivity contribution in [2.24, 2.45) is 0 Å². The zero-order chi connectivity index (χ0) is 11.6. The highest BCUT2D eigenvalue weighted by Gasteiger charge is 2.22. The van der Waals surface area contributed by atoms with Gasteiger partial charge in [-0.1, -0.05) is 0 Å². The molecule has 0 radical (unpaired) electrons. The van der Waals surface area contributed by atoms with E-state index < -0.39 is 11.9 Å². The highest BCUT2D eigenvalue weighted by atomic mass is 79.9. The largest absolute Gasteiger partial charge is 0.495 e. The summed E-state index contributed by atoms with van der Waals surface area (Å²) in [5.41, 5.74) is -0.379. The fourth-order valence-electron chi connectivity index (χ4n) is 1.14. The molecular formula is C9H7BrO5. The van der Waals surface area contributed by atoms with E-state index in [1.165, 1.54) is 19.2 Å². The van der Waals surface area contributed by atoms with Gasteiger partial charge in [0.2, 0.25) is 0 Å². The van der Waals surface area contributed by atoms with Crippen LogP contribution in [0.4, 0.5) is 0 Å². The van der Waals surface area contributed by atoms with Gasteiger partial charge >= 0.3 is 11.9 Å². The van der Waals surface area contributed by atoms with E-state index in [2.05, 4.69) is 15.9 Å². The smallest absolute Gasteiger partial charge is 0.340 e. The number of benzene rings is 1. The Morgan fingerprint density at radius 1 is 1.27 bits per heavy atom. The van der Waals surface area contributed by atoms with Crippen molar-refractivity contribution in [3.8, 4) is 5.75 Å². The molecule has 0 aliphatic heterocycles. The number of hydrogen-bond donors (Lipinski definition) is 2. The minimum Gasteiger partial charge on any atom is -0.495 e. The van der Waals surface area contributed by atoms with Crippen LogP contribution in [0.25, 0.3) is 0 Å². The van der Waals surface area contributed by atoms with Gasteiger partial charge in [0, 0.05) is 4.47 Å². The molecule has 0 heterocycles. The molecule has 1 aromatic carbocycles. The maximum Gasteiger partial charge on any atom is 0.340 e. The summed E-state index contributed by atoms with van der Waals surface area (Å²) in [6.45, 7) is 0. The van der Waals surface area contributed by atoms with Crippen LogP contribution in [0.15, 0.2) is 16.6 Å². The standard InChI is InChI=1S/C9H7BrO5/c1-15-7-4(8(11)12)2-3-5(10)6(7)9(13)14/h2-3H,1H3,(H,11,12)(H,13,14). The van der Waals surface area contributed by atoms with Gasteiger partial charge in [-0.25, -0.2) is 9.59 Å². The molecule has 0 aliphatic rings. The number of carboxylic acid groups (broad SMARTS) is 2. The van der Waals surface area contributed by atoms with Gasteiger partial charge in [-0.3, -0.25) is 0 Å². The van der Waals surface area contributed by atoms with Crippen molar-refractivity contribution < 1.29 is 24.5 Å². The Kier molecular flexibility index (Phi) is 3.31. The number of hydrogen-bond acceptors (Lipinski definition) is 3. The Morgan fingerprint density at radius 2 is 1.87 bits per heavy atom. The minimum absolute atomic E-state index is 0.163. The molecule has 0 aliphatic carbocycles. The molecule has 0 saturated carbocycles. The number of rotatable bonds is 3. The van der Waals surface area contributed by atoms with Crippen LogP contribution >= 0.6 is 15.9 Å². The molecule has 6 heteroatoms. The third kappa shape index (κ3) is 2.10. The van der Waals surface area contributed by atoms with Gasteiger partial charge in [0.15, 0.2) is 0 Å². The van der Waals surface area contributed by atoms with Crippen LogP contribution < -0.4 is 4.74 Å². The molecule has 15 heavy (non-hydrogen) atoms. The molecule has 0 saturated heterocycles. The number of methoxy groups -OCH3 is 1. The summed E-state index contributed by atoms with van der Waals surface area (Å²) in [6, 6.07) is 2.63. The Labute approximate surface area is 93.4 Å². The second-order valence-electron chi connectivity index (χ2n) is 2.61. The summed E-state index contributed by atoms with van der Waals surface area (Å²) in [6.07, 6.45) is 0. The van der Waals surface area contributed by atoms with Crippen LogP contribution in [0.1, 0.15) is 20.7 Å². The Balaban J connectivity index is 3.54. The minimum atomic E-state index is -1.25. The average Bonchev–Trinajstić information content (AvgIpc) is 2.15. The van der Waals surface area contributed by atoms with Gasteiger partial charge < -0.3 is 14.9 Å². The number of halogens is 1. The first-order valence-corrected chi connectivity index (χ1v) is 4.61. The second-order valence-corrected chi connectivity index (χ2v) is 3.47. The second kappa shape index (κ2) is 4.31. The number of aromatic carboxylic acids is 2. The monoisotopic (exact) mass is 274 g/mol. The molecule has 0 fully saturated rings. The molecule has 0 amide bonds. The number of carbonyl (C=O) groups is 2. The maximum atomic E-state index is 10.9. The van der Waals surface area contributed by atoms with Crippen LogP contribution in [0.2, 0.25) is 0 Å². The molecule has 80 valence electrons. The van der Waals surface area contributed by atoms with Crippen LogP contribution in [0.5, 0.6) is 5.75 Å². The number of carboxylic acids is 2. The molecule has 1 aromatic rings. The van der Waals surface area contributed by atoms with Gasteiger partial charge in [0.05, 0.1) is 7.11 Å². The van der Waals surface area contributed by atoms with Crippen LogP contribution in [0, 0.1) is 0 Å². The molecule has 5 nitrogen and oxygen atoms in total. The van der Waals surface area contributed by atoms with Gasteiger partial charge in [-0.15, -0.1) is 0 Å². The van der Waals surface area contributed by atoms with E-state index in [-0.39, 0.29) is 21.3 Å². The summed E-state index contributed by atoms with van der Waals surface area (Å²) in [5, 5.41) is 17.7. The van der Waals surface area contributed by atoms with Crippen LogP contribution in [0.3, 0.4) is 0 Å². The van der Waals surface area contributed by atoms with Crippen molar-refractivity contribution in [2.75, 3.05) is 7.11 Å². The quantitative estimate of drug-likeness (QED) is 0.879. The summed E-state index contributed by atoms with van der Waals surface area (Å²) in [7, 11) is 1.22. The van der Waals surface area contributed by atoms with Gasteiger partial charge in [-0.05, 0) is 28.1 Å². The number of ether oxygens (including phenoxy) is 1. The van der Waals surface area contributed by atoms with Crippen molar-refractivity contribution in [1.29, 1.82) is 0 Å². The first kappa shape index (κ1) is 11.5. The fraction of sp³-hybridized carbons (Fsp3) is 0.111. The third-order valence-corrected chi connectivity index (χ3v) is 2.42. The lowest BCUT2D eigenvalue weighted by Gasteiger charge is -2.09. The molecular weight excluding hydrogens is 268 g/mol. The van der Waals surface area contributed by atoms with E-state index in [0.29, 0.717) is 0 Å². The van der Waals surface area contributed by atoms with Crippen molar-refractivity contribution in [3.63, 3.8) is 0 Å². The van der Waals surface area contributed by atoms with Crippen molar-refractivity contribution in [1.82, 2.24) is 0 Å². The maximum absolute atomic E-state index is 10.9. The molecule has 0 atom stereocenters. The summed E-state index contributed by atoms with van der Waals surface area (Å²) < 4.78 is 5.06. The lowest BCUT2D eigenvalue weighted by molar-refractivity contribution is 0.0690. The summed E-state index contributed by atoms with van der Waals surface area (Å²) in [4.78, 5) is 21.7. The highest BCUT2D eigenvalue weighted by Crippen LogP contribution is 2.30. The molecule has 0 spiro atoms. The van der Waals surface area contributed by atoms with Crippen LogP contribution in [-0.4, -0.2) is 29.3 Å². The van der Waals surface area contributed by atoms with E-state index in [0.717, 1.165) is 0 Å². The molecule has 0 aromatic heterocycles. The van der Waals surface area contributed by atoms with Gasteiger partial charge in [0.1, 0.15) is 16.9 Å². The lowest BCUT2D eigenvalue weighted by Crippen LogP contribution is -2.08. The highest BCUT2D eigenvalue weighted by molar-refractivity contribution is 9.10. The molecule has 1 rings (SSSR count). The van der Waals surface area contributed by atoms with Crippen LogP contribution in [-0.2, 0) is 0 Å². The Hall–Kier alpha value is -1.56. The third-order valence-electron chi connectivity index (χ3n) is 1.76. The van der Waals surface area contributed by atoms with E-state index in [9.17, 15) is 9.59 Å². The fourth-order valence-corrected chi connectivity index (χ4v) is 1.62. The zero-order valence-electron chi connectivity index (χ0n) is 7.65. The first-order chi connectivity index (χ1) is 6.99. The Morgan fingerprint density at radius 3 is 2.27 bits per heavy atom. The van der Waals surface area contributed by atoms with Gasteiger partial charge in [0.25, 0.3) is 0 Å². The predicted molar refractivity (Wildman–Crippen MR) is 54.6 cm³/mol. The van der Waals surface area contributed by atoms with Crippen molar-refractivity contribution in [2.45, 2.75) is 0 Å². The normalized spacial score (nSPS) is 9.73. The zero-order valence-corrected chi connectivity index (χ0v) is 9.24. The van der Waals surface area contributed by atoms with E-state index >= 15 is 0 Å². The SMILES string of the molecule is COc1c(C(=O)O)ccc(Br)c1C(=O)O. The van der Waals surface area contributed by atoms with E-state index in [1.54, 1.807) is 0 Å². The van der Waals surface area contributed by atoms with Gasteiger partial charge in [-0.2, -0.15) is 0 Å². The lowest BCUT2D eigenvalue weighted by atomic mass is 10.1. The molecule has 0 bridgehead atoms. The summed E-state index contributed by atoms with van der Waals surface area (Å²) in [5.74, 6) is -2.65. The molecule has 2 N–H and O–H groups in total.